The molecule has 0 unspecified atom stereocenters. The second-order valence-electron chi connectivity index (χ2n) is 4.15. The molecule has 0 atom stereocenters. The molecule has 0 aliphatic heterocycles. The second-order valence-corrected chi connectivity index (χ2v) is 4.15. The molecule has 20 heavy (non-hydrogen) atoms. The highest BCUT2D eigenvalue weighted by molar-refractivity contribution is 5.92. The number of benzene rings is 1. The van der Waals surface area contributed by atoms with Gasteiger partial charge in [0, 0.05) is 6.07 Å². The lowest BCUT2D eigenvalue weighted by atomic mass is 10.3. The minimum Gasteiger partial charge on any atom is -0.497 e. The van der Waals surface area contributed by atoms with Crippen LogP contribution in [-0.4, -0.2) is 29.2 Å². The summed E-state index contributed by atoms with van der Waals surface area (Å²) >= 11 is 0. The first-order valence-electron chi connectivity index (χ1n) is 6.24. The van der Waals surface area contributed by atoms with Crippen LogP contribution in [0.25, 0.3) is 5.69 Å². The minimum absolute atomic E-state index is 0.132. The summed E-state index contributed by atoms with van der Waals surface area (Å²) < 4.78 is 11.8. The summed E-state index contributed by atoms with van der Waals surface area (Å²) in [7, 11) is 1.59. The fraction of sp³-hybridized carbons (Fsp3) is 0.286. The smallest absolute Gasteiger partial charge is 0.360 e. The van der Waals surface area contributed by atoms with Crippen LogP contribution in [-0.2, 0) is 4.74 Å². The van der Waals surface area contributed by atoms with Gasteiger partial charge in [0.05, 0.1) is 19.4 Å². The number of methoxy groups -OCH3 is 1. The number of hydrogen-bond acceptors (Lipinski definition) is 5. The SMILES string of the molecule is CCOC(=O)c1nc(C)n(-c2cccc(OC)c2)c1N. The molecule has 2 rings (SSSR count). The van der Waals surface area contributed by atoms with E-state index in [-0.39, 0.29) is 18.1 Å². The van der Waals surface area contributed by atoms with Crippen molar-refractivity contribution in [3.05, 3.63) is 35.8 Å². The number of imidazole rings is 1. The molecule has 1 heterocycles. The fourth-order valence-corrected chi connectivity index (χ4v) is 1.97. The van der Waals surface area contributed by atoms with Crippen LogP contribution in [0.15, 0.2) is 24.3 Å². The topological polar surface area (TPSA) is 79.4 Å². The number of anilines is 1. The molecule has 6 heteroatoms. The van der Waals surface area contributed by atoms with Crippen molar-refractivity contribution in [3.8, 4) is 11.4 Å². The summed E-state index contributed by atoms with van der Waals surface area (Å²) in [6, 6.07) is 7.36. The van der Waals surface area contributed by atoms with Gasteiger partial charge >= 0.3 is 5.97 Å². The summed E-state index contributed by atoms with van der Waals surface area (Å²) in [5.41, 5.74) is 6.93. The van der Waals surface area contributed by atoms with Gasteiger partial charge in [-0.05, 0) is 26.0 Å². The van der Waals surface area contributed by atoms with E-state index in [4.69, 9.17) is 15.2 Å². The van der Waals surface area contributed by atoms with Crippen molar-refractivity contribution in [3.63, 3.8) is 0 Å². The Morgan fingerprint density at radius 1 is 1.45 bits per heavy atom. The summed E-state index contributed by atoms with van der Waals surface area (Å²) in [6.07, 6.45) is 0. The van der Waals surface area contributed by atoms with Gasteiger partial charge in [0.2, 0.25) is 0 Å². The number of hydrogen-bond donors (Lipinski definition) is 1. The van der Waals surface area contributed by atoms with Gasteiger partial charge in [-0.3, -0.25) is 4.57 Å². The van der Waals surface area contributed by atoms with Crippen LogP contribution in [0.5, 0.6) is 5.75 Å². The van der Waals surface area contributed by atoms with Crippen molar-refractivity contribution in [2.24, 2.45) is 0 Å². The van der Waals surface area contributed by atoms with Crippen LogP contribution >= 0.6 is 0 Å². The number of nitrogens with two attached hydrogens (primary N) is 1. The average Bonchev–Trinajstić information content (AvgIpc) is 2.74. The van der Waals surface area contributed by atoms with E-state index in [1.54, 1.807) is 25.5 Å². The third-order valence-electron chi connectivity index (χ3n) is 2.86. The molecule has 0 fully saturated rings. The molecule has 1 aromatic heterocycles. The number of aromatic nitrogens is 2. The number of aryl methyl sites for hydroxylation is 1. The molecule has 2 N–H and O–H groups in total. The highest BCUT2D eigenvalue weighted by Crippen LogP contribution is 2.24. The second kappa shape index (κ2) is 5.64. The third kappa shape index (κ3) is 2.45. The van der Waals surface area contributed by atoms with E-state index in [9.17, 15) is 4.79 Å². The fourth-order valence-electron chi connectivity index (χ4n) is 1.97. The first-order valence-corrected chi connectivity index (χ1v) is 6.24. The summed E-state index contributed by atoms with van der Waals surface area (Å²) in [5, 5.41) is 0. The zero-order chi connectivity index (χ0) is 14.7. The summed E-state index contributed by atoms with van der Waals surface area (Å²) in [4.78, 5) is 16.0. The van der Waals surface area contributed by atoms with Crippen molar-refractivity contribution in [1.82, 2.24) is 9.55 Å². The number of rotatable bonds is 4. The zero-order valence-electron chi connectivity index (χ0n) is 11.7. The van der Waals surface area contributed by atoms with Crippen molar-refractivity contribution in [1.29, 1.82) is 0 Å². The molecular formula is C14H17N3O3. The van der Waals surface area contributed by atoms with Crippen molar-refractivity contribution < 1.29 is 14.3 Å². The summed E-state index contributed by atoms with van der Waals surface area (Å²) in [5.74, 6) is 1.05. The van der Waals surface area contributed by atoms with Gasteiger partial charge in [-0.15, -0.1) is 0 Å². The van der Waals surface area contributed by atoms with Gasteiger partial charge in [0.15, 0.2) is 5.69 Å². The van der Waals surface area contributed by atoms with Gasteiger partial charge in [-0.25, -0.2) is 9.78 Å². The Labute approximate surface area is 117 Å². The van der Waals surface area contributed by atoms with E-state index < -0.39 is 5.97 Å². The van der Waals surface area contributed by atoms with Gasteiger partial charge < -0.3 is 15.2 Å². The van der Waals surface area contributed by atoms with Crippen molar-refractivity contribution >= 4 is 11.8 Å². The third-order valence-corrected chi connectivity index (χ3v) is 2.86. The molecule has 106 valence electrons. The predicted molar refractivity (Wildman–Crippen MR) is 75.2 cm³/mol. The van der Waals surface area contributed by atoms with Crippen LogP contribution in [0.2, 0.25) is 0 Å². The number of ether oxygens (including phenoxy) is 2. The van der Waals surface area contributed by atoms with E-state index in [0.717, 1.165) is 5.69 Å². The molecule has 6 nitrogen and oxygen atoms in total. The lowest BCUT2D eigenvalue weighted by Crippen LogP contribution is -2.09. The van der Waals surface area contributed by atoms with Gasteiger partial charge in [-0.2, -0.15) is 0 Å². The molecule has 2 aromatic rings. The lowest BCUT2D eigenvalue weighted by Gasteiger charge is -2.09. The highest BCUT2D eigenvalue weighted by atomic mass is 16.5. The Bertz CT molecular complexity index is 635. The normalized spacial score (nSPS) is 10.3. The number of carbonyl (C=O) groups excluding carboxylic acids is 1. The molecule has 0 radical (unpaired) electrons. The van der Waals surface area contributed by atoms with Crippen LogP contribution in [0.3, 0.4) is 0 Å². The molecule has 0 amide bonds. The maximum atomic E-state index is 11.8. The van der Waals surface area contributed by atoms with E-state index in [1.807, 2.05) is 24.3 Å². The highest BCUT2D eigenvalue weighted by Gasteiger charge is 2.20. The minimum atomic E-state index is -0.519. The number of esters is 1. The lowest BCUT2D eigenvalue weighted by molar-refractivity contribution is 0.0521. The van der Waals surface area contributed by atoms with Crippen molar-refractivity contribution in [2.75, 3.05) is 19.5 Å². The molecule has 0 spiro atoms. The van der Waals surface area contributed by atoms with Gasteiger partial charge in [0.1, 0.15) is 17.4 Å². The van der Waals surface area contributed by atoms with E-state index >= 15 is 0 Å². The number of carbonyl (C=O) groups is 1. The molecule has 0 bridgehead atoms. The van der Waals surface area contributed by atoms with E-state index in [1.165, 1.54) is 0 Å². The maximum absolute atomic E-state index is 11.8. The Balaban J connectivity index is 2.49. The van der Waals surface area contributed by atoms with E-state index in [0.29, 0.717) is 11.6 Å². The predicted octanol–water partition coefficient (Wildman–Crippen LogP) is 1.95. The number of nitrogen functional groups attached to an aromatic ring is 1. The zero-order valence-corrected chi connectivity index (χ0v) is 11.7. The Hall–Kier alpha value is -2.50. The Morgan fingerprint density at radius 2 is 2.20 bits per heavy atom. The molecule has 0 aliphatic carbocycles. The molecular weight excluding hydrogens is 258 g/mol. The average molecular weight is 275 g/mol. The van der Waals surface area contributed by atoms with Crippen LogP contribution in [0.4, 0.5) is 5.82 Å². The van der Waals surface area contributed by atoms with E-state index in [2.05, 4.69) is 4.98 Å². The summed E-state index contributed by atoms with van der Waals surface area (Å²) in [6.45, 7) is 3.79. The Kier molecular flexibility index (Phi) is 3.93. The maximum Gasteiger partial charge on any atom is 0.360 e. The standard InChI is InChI=1S/C14H17N3O3/c1-4-20-14(18)12-13(15)17(9(2)16-12)10-6-5-7-11(8-10)19-3/h5-8H,4,15H2,1-3H3. The Morgan fingerprint density at radius 3 is 2.85 bits per heavy atom. The molecule has 0 aliphatic rings. The van der Waals surface area contributed by atoms with Crippen molar-refractivity contribution in [2.45, 2.75) is 13.8 Å². The van der Waals surface area contributed by atoms with Crippen LogP contribution in [0.1, 0.15) is 23.2 Å². The number of nitrogens with zero attached hydrogens (tertiary/aromatic N) is 2. The largest absolute Gasteiger partial charge is 0.497 e. The molecule has 1 aromatic carbocycles. The monoisotopic (exact) mass is 275 g/mol. The first kappa shape index (κ1) is 13.9. The van der Waals surface area contributed by atoms with Crippen LogP contribution < -0.4 is 10.5 Å². The molecule has 0 saturated carbocycles. The molecule has 0 saturated heterocycles. The van der Waals surface area contributed by atoms with Gasteiger partial charge in [-0.1, -0.05) is 6.07 Å². The van der Waals surface area contributed by atoms with Crippen LogP contribution in [0, 0.1) is 6.92 Å². The van der Waals surface area contributed by atoms with Gasteiger partial charge in [0.25, 0.3) is 0 Å². The first-order chi connectivity index (χ1) is 9.58. The quantitative estimate of drug-likeness (QED) is 0.863.